The Morgan fingerprint density at radius 1 is 1.30 bits per heavy atom. The monoisotopic (exact) mass is 289 g/mol. The van der Waals surface area contributed by atoms with Crippen LogP contribution >= 0.6 is 0 Å². The average Bonchev–Trinajstić information content (AvgIpc) is 2.51. The van der Waals surface area contributed by atoms with E-state index >= 15 is 0 Å². The van der Waals surface area contributed by atoms with Gasteiger partial charge in [-0.05, 0) is 24.7 Å². The lowest BCUT2D eigenvalue weighted by Crippen LogP contribution is -2.46. The summed E-state index contributed by atoms with van der Waals surface area (Å²) in [5.41, 5.74) is -1.68. The predicted octanol–water partition coefficient (Wildman–Crippen LogP) is 3.02. The second kappa shape index (κ2) is 4.40. The maximum Gasteiger partial charge on any atom is 0.407 e. The Kier molecular flexibility index (Phi) is 3.34. The van der Waals surface area contributed by atoms with Crippen LogP contribution in [-0.2, 0) is 4.79 Å². The molecule has 6 heteroatoms. The van der Waals surface area contributed by atoms with E-state index in [9.17, 15) is 18.4 Å². The largest absolute Gasteiger partial charge is 0.465 e. The van der Waals surface area contributed by atoms with E-state index in [1.165, 1.54) is 4.90 Å². The van der Waals surface area contributed by atoms with E-state index in [1.54, 1.807) is 20.8 Å². The molecule has 1 heterocycles. The van der Waals surface area contributed by atoms with Crippen LogP contribution in [0.25, 0.3) is 0 Å². The molecular weight excluding hydrogens is 268 g/mol. The fourth-order valence-electron chi connectivity index (χ4n) is 3.53. The fraction of sp³-hybridized carbons (Fsp3) is 0.857. The van der Waals surface area contributed by atoms with Gasteiger partial charge in [-0.3, -0.25) is 4.79 Å². The minimum Gasteiger partial charge on any atom is -0.465 e. The van der Waals surface area contributed by atoms with Crippen molar-refractivity contribution < 1.29 is 23.5 Å². The first-order chi connectivity index (χ1) is 9.01. The second-order valence-electron chi connectivity index (χ2n) is 7.12. The standard InChI is InChI=1S/C14H21F2NO3/c1-12(2,3)9-8-13(10(18)14(9,15)16)4-6-17(7-5-13)11(19)20/h9H,4-8H2,1-3H3,(H,19,20). The predicted molar refractivity (Wildman–Crippen MR) is 68.8 cm³/mol. The lowest BCUT2D eigenvalue weighted by atomic mass is 9.72. The highest BCUT2D eigenvalue weighted by atomic mass is 19.3. The summed E-state index contributed by atoms with van der Waals surface area (Å²) in [5, 5.41) is 8.91. The number of ketones is 1. The van der Waals surface area contributed by atoms with E-state index in [2.05, 4.69) is 0 Å². The summed E-state index contributed by atoms with van der Waals surface area (Å²) >= 11 is 0. The van der Waals surface area contributed by atoms with Crippen LogP contribution in [0.5, 0.6) is 0 Å². The van der Waals surface area contributed by atoms with Crippen molar-refractivity contribution in [1.82, 2.24) is 4.90 Å². The average molecular weight is 289 g/mol. The number of amides is 1. The molecule has 20 heavy (non-hydrogen) atoms. The van der Waals surface area contributed by atoms with Crippen molar-refractivity contribution >= 4 is 11.9 Å². The summed E-state index contributed by atoms with van der Waals surface area (Å²) in [6.45, 7) is 5.50. The molecule has 1 saturated heterocycles. The number of alkyl halides is 2. The first-order valence-corrected chi connectivity index (χ1v) is 6.91. The lowest BCUT2D eigenvalue weighted by molar-refractivity contribution is -0.154. The molecule has 1 unspecified atom stereocenters. The molecule has 0 aromatic heterocycles. The quantitative estimate of drug-likeness (QED) is 0.745. The van der Waals surface area contributed by atoms with Gasteiger partial charge in [0.2, 0.25) is 5.78 Å². The Hall–Kier alpha value is -1.20. The van der Waals surface area contributed by atoms with Crippen LogP contribution in [0, 0.1) is 16.7 Å². The molecule has 1 N–H and O–H groups in total. The number of nitrogens with zero attached hydrogens (tertiary/aromatic N) is 1. The Morgan fingerprint density at radius 2 is 1.80 bits per heavy atom. The Bertz CT molecular complexity index is 434. The number of halogens is 2. The summed E-state index contributed by atoms with van der Waals surface area (Å²) in [6, 6.07) is 0. The zero-order valence-electron chi connectivity index (χ0n) is 12.1. The van der Waals surface area contributed by atoms with E-state index in [0.717, 1.165) is 0 Å². The van der Waals surface area contributed by atoms with Crippen molar-refractivity contribution in [2.45, 2.75) is 46.0 Å². The Labute approximate surface area is 117 Å². The van der Waals surface area contributed by atoms with Crippen LogP contribution in [-0.4, -0.2) is 40.9 Å². The van der Waals surface area contributed by atoms with Gasteiger partial charge in [0.25, 0.3) is 0 Å². The van der Waals surface area contributed by atoms with Gasteiger partial charge in [-0.1, -0.05) is 20.8 Å². The van der Waals surface area contributed by atoms with Crippen LogP contribution in [0.1, 0.15) is 40.0 Å². The first-order valence-electron chi connectivity index (χ1n) is 6.91. The number of rotatable bonds is 0. The van der Waals surface area contributed by atoms with Gasteiger partial charge in [0.15, 0.2) is 0 Å². The zero-order valence-corrected chi connectivity index (χ0v) is 12.1. The molecule has 2 aliphatic rings. The molecule has 1 aliphatic carbocycles. The SMILES string of the molecule is CC(C)(C)C1CC2(CCN(C(=O)O)CC2)C(=O)C1(F)F. The number of likely N-dealkylation sites (tertiary alicyclic amines) is 1. The van der Waals surface area contributed by atoms with Gasteiger partial charge in [0, 0.05) is 24.4 Å². The maximum atomic E-state index is 14.3. The van der Waals surface area contributed by atoms with Crippen LogP contribution < -0.4 is 0 Å². The minimum absolute atomic E-state index is 0.161. The molecule has 1 aliphatic heterocycles. The Morgan fingerprint density at radius 3 is 2.15 bits per heavy atom. The van der Waals surface area contributed by atoms with Gasteiger partial charge in [-0.2, -0.15) is 8.78 Å². The summed E-state index contributed by atoms with van der Waals surface area (Å²) < 4.78 is 28.6. The van der Waals surface area contributed by atoms with Crippen molar-refractivity contribution in [2.75, 3.05) is 13.1 Å². The minimum atomic E-state index is -3.30. The molecule has 1 atom stereocenters. The number of carbonyl (C=O) groups is 2. The highest BCUT2D eigenvalue weighted by Gasteiger charge is 2.66. The van der Waals surface area contributed by atoms with Crippen molar-refractivity contribution in [3.05, 3.63) is 0 Å². The molecule has 2 fully saturated rings. The third-order valence-corrected chi connectivity index (χ3v) is 4.85. The molecule has 2 rings (SSSR count). The van der Waals surface area contributed by atoms with Gasteiger partial charge in [-0.25, -0.2) is 4.79 Å². The van der Waals surface area contributed by atoms with Gasteiger partial charge < -0.3 is 10.0 Å². The molecule has 1 saturated carbocycles. The van der Waals surface area contributed by atoms with Crippen LogP contribution in [0.15, 0.2) is 0 Å². The van der Waals surface area contributed by atoms with Crippen LogP contribution in [0.2, 0.25) is 0 Å². The van der Waals surface area contributed by atoms with E-state index in [0.29, 0.717) is 0 Å². The van der Waals surface area contributed by atoms with Gasteiger partial charge in [-0.15, -0.1) is 0 Å². The molecule has 0 aromatic rings. The normalized spacial score (nSPS) is 28.9. The highest BCUT2D eigenvalue weighted by Crippen LogP contribution is 2.58. The van der Waals surface area contributed by atoms with E-state index < -0.39 is 34.5 Å². The van der Waals surface area contributed by atoms with E-state index in [4.69, 9.17) is 5.11 Å². The van der Waals surface area contributed by atoms with Gasteiger partial charge in [0.05, 0.1) is 0 Å². The highest BCUT2D eigenvalue weighted by molar-refractivity contribution is 5.94. The Balaban J connectivity index is 2.24. The molecular formula is C14H21F2NO3. The number of Topliss-reactive ketones (excluding diaryl/α,β-unsaturated/α-hetero) is 1. The number of carbonyl (C=O) groups excluding carboxylic acids is 1. The number of hydrogen-bond donors (Lipinski definition) is 1. The number of hydrogen-bond acceptors (Lipinski definition) is 2. The molecule has 114 valence electrons. The molecule has 1 spiro atoms. The molecule has 0 radical (unpaired) electrons. The summed E-state index contributed by atoms with van der Waals surface area (Å²) in [7, 11) is 0. The topological polar surface area (TPSA) is 57.6 Å². The second-order valence-corrected chi connectivity index (χ2v) is 7.12. The molecule has 0 bridgehead atoms. The maximum absolute atomic E-state index is 14.3. The van der Waals surface area contributed by atoms with Gasteiger partial charge >= 0.3 is 12.0 Å². The van der Waals surface area contributed by atoms with Crippen LogP contribution in [0.3, 0.4) is 0 Å². The number of piperidine rings is 1. The zero-order chi connectivity index (χ0) is 15.3. The lowest BCUT2D eigenvalue weighted by Gasteiger charge is -2.37. The molecule has 4 nitrogen and oxygen atoms in total. The van der Waals surface area contributed by atoms with Gasteiger partial charge in [0.1, 0.15) is 0 Å². The van der Waals surface area contributed by atoms with E-state index in [-0.39, 0.29) is 32.4 Å². The first kappa shape index (κ1) is 15.2. The molecule has 0 aromatic carbocycles. The van der Waals surface area contributed by atoms with Crippen molar-refractivity contribution in [1.29, 1.82) is 0 Å². The van der Waals surface area contributed by atoms with Crippen molar-refractivity contribution in [3.63, 3.8) is 0 Å². The third kappa shape index (κ3) is 2.19. The summed E-state index contributed by atoms with van der Waals surface area (Å²) in [5.74, 6) is -5.25. The van der Waals surface area contributed by atoms with Crippen molar-refractivity contribution in [3.8, 4) is 0 Å². The smallest absolute Gasteiger partial charge is 0.407 e. The molecule has 1 amide bonds. The fourth-order valence-corrected chi connectivity index (χ4v) is 3.53. The number of carboxylic acid groups (broad SMARTS) is 1. The van der Waals surface area contributed by atoms with Crippen molar-refractivity contribution in [2.24, 2.45) is 16.7 Å². The van der Waals surface area contributed by atoms with Crippen LogP contribution in [0.4, 0.5) is 13.6 Å². The summed E-state index contributed by atoms with van der Waals surface area (Å²) in [6.07, 6.45) is -0.472. The van der Waals surface area contributed by atoms with E-state index in [1.807, 2.05) is 0 Å². The third-order valence-electron chi connectivity index (χ3n) is 4.85. The summed E-state index contributed by atoms with van der Waals surface area (Å²) in [4.78, 5) is 24.3.